The number of rotatable bonds is 5. The number of imidazole rings is 1. The molecule has 0 unspecified atom stereocenters. The first-order valence-electron chi connectivity index (χ1n) is 6.90. The van der Waals surface area contributed by atoms with E-state index >= 15 is 0 Å². The highest BCUT2D eigenvalue weighted by molar-refractivity contribution is 7.91. The lowest BCUT2D eigenvalue weighted by Gasteiger charge is -2.09. The molecule has 8 heteroatoms. The number of hydrogen-bond donors (Lipinski definition) is 1. The Morgan fingerprint density at radius 1 is 1.13 bits per heavy atom. The van der Waals surface area contributed by atoms with Crippen LogP contribution in [0.4, 0.5) is 5.82 Å². The largest absolute Gasteiger partial charge is 0.288 e. The van der Waals surface area contributed by atoms with E-state index < -0.39 is 10.0 Å². The first-order valence-corrected chi connectivity index (χ1v) is 8.55. The Morgan fingerprint density at radius 3 is 2.61 bits per heavy atom. The SMILES string of the molecule is Cc1nccn1-c1cc(NS(=O)(=O)Cc2ccccc2)ncn1. The summed E-state index contributed by atoms with van der Waals surface area (Å²) in [6.07, 6.45) is 4.71. The lowest BCUT2D eigenvalue weighted by atomic mass is 10.2. The van der Waals surface area contributed by atoms with Crippen molar-refractivity contribution in [3.63, 3.8) is 0 Å². The van der Waals surface area contributed by atoms with Gasteiger partial charge >= 0.3 is 0 Å². The second kappa shape index (κ2) is 6.17. The van der Waals surface area contributed by atoms with E-state index in [0.29, 0.717) is 11.4 Å². The molecule has 0 saturated carbocycles. The fraction of sp³-hybridized carbons (Fsp3) is 0.133. The van der Waals surface area contributed by atoms with Crippen molar-refractivity contribution < 1.29 is 8.42 Å². The molecular formula is C15H15N5O2S. The van der Waals surface area contributed by atoms with Crippen molar-refractivity contribution in [1.82, 2.24) is 19.5 Å². The molecule has 2 heterocycles. The van der Waals surface area contributed by atoms with Crippen LogP contribution in [0.5, 0.6) is 0 Å². The molecule has 0 aliphatic heterocycles. The Balaban J connectivity index is 1.81. The summed E-state index contributed by atoms with van der Waals surface area (Å²) >= 11 is 0. The van der Waals surface area contributed by atoms with Crippen LogP contribution in [0.15, 0.2) is 55.1 Å². The molecule has 23 heavy (non-hydrogen) atoms. The van der Waals surface area contributed by atoms with Crippen molar-refractivity contribution in [1.29, 1.82) is 0 Å². The quantitative estimate of drug-likeness (QED) is 0.772. The van der Waals surface area contributed by atoms with Crippen LogP contribution in [-0.4, -0.2) is 27.9 Å². The minimum absolute atomic E-state index is 0.114. The van der Waals surface area contributed by atoms with E-state index in [1.165, 1.54) is 6.33 Å². The highest BCUT2D eigenvalue weighted by atomic mass is 32.2. The van der Waals surface area contributed by atoms with Crippen molar-refractivity contribution in [2.75, 3.05) is 4.72 Å². The molecule has 0 amide bonds. The van der Waals surface area contributed by atoms with Crippen molar-refractivity contribution in [3.8, 4) is 5.82 Å². The van der Waals surface area contributed by atoms with E-state index in [2.05, 4.69) is 19.7 Å². The van der Waals surface area contributed by atoms with Gasteiger partial charge in [0.1, 0.15) is 23.8 Å². The van der Waals surface area contributed by atoms with Gasteiger partial charge in [-0.2, -0.15) is 0 Å². The topological polar surface area (TPSA) is 89.8 Å². The van der Waals surface area contributed by atoms with Crippen molar-refractivity contribution in [2.45, 2.75) is 12.7 Å². The molecule has 0 spiro atoms. The highest BCUT2D eigenvalue weighted by Gasteiger charge is 2.13. The Kier molecular flexibility index (Phi) is 4.07. The number of sulfonamides is 1. The van der Waals surface area contributed by atoms with Gasteiger partial charge in [0.05, 0.1) is 5.75 Å². The zero-order valence-electron chi connectivity index (χ0n) is 12.4. The Hall–Kier alpha value is -2.74. The average Bonchev–Trinajstić information content (AvgIpc) is 2.93. The fourth-order valence-electron chi connectivity index (χ4n) is 2.14. The molecule has 0 atom stereocenters. The molecule has 0 bridgehead atoms. The summed E-state index contributed by atoms with van der Waals surface area (Å²) in [7, 11) is -3.55. The number of nitrogens with zero attached hydrogens (tertiary/aromatic N) is 4. The number of benzene rings is 1. The summed E-state index contributed by atoms with van der Waals surface area (Å²) < 4.78 is 28.7. The number of anilines is 1. The molecule has 0 radical (unpaired) electrons. The zero-order valence-corrected chi connectivity index (χ0v) is 13.2. The molecule has 1 N–H and O–H groups in total. The van der Waals surface area contributed by atoms with Gasteiger partial charge < -0.3 is 0 Å². The molecule has 1 aromatic carbocycles. The zero-order chi connectivity index (χ0) is 16.3. The Bertz CT molecular complexity index is 906. The summed E-state index contributed by atoms with van der Waals surface area (Å²) in [4.78, 5) is 12.2. The van der Waals surface area contributed by atoms with Crippen LogP contribution in [-0.2, 0) is 15.8 Å². The molecule has 0 fully saturated rings. The highest BCUT2D eigenvalue weighted by Crippen LogP contribution is 2.14. The minimum Gasteiger partial charge on any atom is -0.288 e. The van der Waals surface area contributed by atoms with Crippen LogP contribution in [0.2, 0.25) is 0 Å². The smallest absolute Gasteiger partial charge is 0.238 e. The third kappa shape index (κ3) is 3.72. The molecule has 3 rings (SSSR count). The lowest BCUT2D eigenvalue weighted by Crippen LogP contribution is -2.16. The number of nitrogens with one attached hydrogen (secondary N) is 1. The van der Waals surface area contributed by atoms with Gasteiger partial charge in [0.25, 0.3) is 0 Å². The van der Waals surface area contributed by atoms with E-state index in [1.54, 1.807) is 47.3 Å². The molecule has 3 aromatic rings. The van der Waals surface area contributed by atoms with Gasteiger partial charge in [-0.05, 0) is 12.5 Å². The Labute approximate surface area is 134 Å². The molecule has 118 valence electrons. The van der Waals surface area contributed by atoms with Crippen LogP contribution in [0.1, 0.15) is 11.4 Å². The molecular weight excluding hydrogens is 314 g/mol. The van der Waals surface area contributed by atoms with E-state index in [-0.39, 0.29) is 11.6 Å². The van der Waals surface area contributed by atoms with Crippen molar-refractivity contribution in [3.05, 3.63) is 66.5 Å². The summed E-state index contributed by atoms with van der Waals surface area (Å²) in [5.41, 5.74) is 0.708. The first kappa shape index (κ1) is 15.2. The summed E-state index contributed by atoms with van der Waals surface area (Å²) in [6, 6.07) is 10.5. The molecule has 2 aromatic heterocycles. The van der Waals surface area contributed by atoms with E-state index in [4.69, 9.17) is 0 Å². The van der Waals surface area contributed by atoms with Gasteiger partial charge in [-0.1, -0.05) is 30.3 Å². The van der Waals surface area contributed by atoms with Gasteiger partial charge in [0, 0.05) is 18.5 Å². The van der Waals surface area contributed by atoms with Gasteiger partial charge in [-0.25, -0.2) is 23.4 Å². The third-order valence-corrected chi connectivity index (χ3v) is 4.42. The maximum absolute atomic E-state index is 12.2. The first-order chi connectivity index (χ1) is 11.0. The predicted molar refractivity (Wildman–Crippen MR) is 86.6 cm³/mol. The van der Waals surface area contributed by atoms with E-state index in [0.717, 1.165) is 5.82 Å². The van der Waals surface area contributed by atoms with Crippen LogP contribution < -0.4 is 4.72 Å². The standard InChI is InChI=1S/C15H15N5O2S/c1-12-16-7-8-20(12)15-9-14(17-11-18-15)19-23(21,22)10-13-5-3-2-4-6-13/h2-9,11H,10H2,1H3,(H,17,18,19). The Morgan fingerprint density at radius 2 is 1.91 bits per heavy atom. The predicted octanol–water partition coefficient (Wildman–Crippen LogP) is 1.91. The fourth-order valence-corrected chi connectivity index (χ4v) is 3.28. The monoisotopic (exact) mass is 329 g/mol. The van der Waals surface area contributed by atoms with Crippen molar-refractivity contribution in [2.24, 2.45) is 0 Å². The lowest BCUT2D eigenvalue weighted by molar-refractivity contribution is 0.600. The third-order valence-electron chi connectivity index (χ3n) is 3.18. The summed E-state index contributed by atoms with van der Waals surface area (Å²) in [5, 5.41) is 0. The average molecular weight is 329 g/mol. The number of aryl methyl sites for hydroxylation is 1. The van der Waals surface area contributed by atoms with E-state index in [1.807, 2.05) is 13.0 Å². The molecule has 0 aliphatic rings. The second-order valence-corrected chi connectivity index (χ2v) is 6.67. The molecule has 0 aliphatic carbocycles. The summed E-state index contributed by atoms with van der Waals surface area (Å²) in [6.45, 7) is 1.83. The van der Waals surface area contributed by atoms with E-state index in [9.17, 15) is 8.42 Å². The van der Waals surface area contributed by atoms with Crippen molar-refractivity contribution >= 4 is 15.8 Å². The van der Waals surface area contributed by atoms with Gasteiger partial charge in [0.15, 0.2) is 0 Å². The minimum atomic E-state index is -3.55. The number of hydrogen-bond acceptors (Lipinski definition) is 5. The number of aromatic nitrogens is 4. The van der Waals surface area contributed by atoms with Crippen LogP contribution in [0.25, 0.3) is 5.82 Å². The van der Waals surface area contributed by atoms with Crippen LogP contribution in [0.3, 0.4) is 0 Å². The van der Waals surface area contributed by atoms with Gasteiger partial charge in [-0.15, -0.1) is 0 Å². The van der Waals surface area contributed by atoms with Gasteiger partial charge in [-0.3, -0.25) is 9.29 Å². The van der Waals surface area contributed by atoms with Crippen LogP contribution in [0, 0.1) is 6.92 Å². The normalized spacial score (nSPS) is 11.3. The van der Waals surface area contributed by atoms with Crippen LogP contribution >= 0.6 is 0 Å². The van der Waals surface area contributed by atoms with Gasteiger partial charge in [0.2, 0.25) is 10.0 Å². The summed E-state index contributed by atoms with van der Waals surface area (Å²) in [5.74, 6) is 1.41. The maximum atomic E-state index is 12.2. The second-order valence-electron chi connectivity index (χ2n) is 4.95. The maximum Gasteiger partial charge on any atom is 0.238 e. The molecule has 7 nitrogen and oxygen atoms in total. The molecule has 0 saturated heterocycles.